The second-order valence-corrected chi connectivity index (χ2v) is 6.69. The Balaban J connectivity index is 0.000000396. The normalized spacial score (nSPS) is 15.5. The predicted molar refractivity (Wildman–Crippen MR) is 102 cm³/mol. The number of halogens is 3. The first kappa shape index (κ1) is 23.4. The monoisotopic (exact) mass is 427 g/mol. The summed E-state index contributed by atoms with van der Waals surface area (Å²) in [4.78, 5) is 20.5. The Bertz CT molecular complexity index is 838. The second-order valence-electron chi connectivity index (χ2n) is 6.69. The minimum absolute atomic E-state index is 0.0759. The molecule has 1 aliphatic rings. The second kappa shape index (κ2) is 10.8. The standard InChI is InChI=1S/C18H23N3O2.C2HF3O2/c1-2-6-17(22)19-11-16-18-15(9-10-23-16)13-21(20-18)12-14-7-4-3-5-8-14;3-2(4,5)1(6)7/h3-5,7-8,13,16H,2,6,9-12H2,1H3,(H,19,22);(H,6,7). The lowest BCUT2D eigenvalue weighted by atomic mass is 10.1. The number of carboxylic acids is 1. The van der Waals surface area contributed by atoms with E-state index in [4.69, 9.17) is 19.7 Å². The summed E-state index contributed by atoms with van der Waals surface area (Å²) in [6, 6.07) is 10.3. The van der Waals surface area contributed by atoms with Crippen molar-refractivity contribution in [3.05, 3.63) is 53.3 Å². The number of benzene rings is 1. The highest BCUT2D eigenvalue weighted by Gasteiger charge is 2.38. The Morgan fingerprint density at radius 3 is 2.57 bits per heavy atom. The van der Waals surface area contributed by atoms with Gasteiger partial charge in [-0.2, -0.15) is 18.3 Å². The van der Waals surface area contributed by atoms with Crippen LogP contribution in [0, 0.1) is 0 Å². The highest BCUT2D eigenvalue weighted by Crippen LogP contribution is 2.25. The van der Waals surface area contributed by atoms with E-state index in [1.807, 2.05) is 29.8 Å². The van der Waals surface area contributed by atoms with Crippen LogP contribution in [-0.2, 0) is 27.3 Å². The van der Waals surface area contributed by atoms with Crippen molar-refractivity contribution in [2.45, 2.75) is 45.0 Å². The van der Waals surface area contributed by atoms with Gasteiger partial charge < -0.3 is 15.2 Å². The number of aromatic nitrogens is 2. The highest BCUT2D eigenvalue weighted by molar-refractivity contribution is 5.75. The molecule has 0 bridgehead atoms. The fraction of sp³-hybridized carbons (Fsp3) is 0.450. The van der Waals surface area contributed by atoms with Gasteiger partial charge in [0.2, 0.25) is 5.91 Å². The number of alkyl halides is 3. The van der Waals surface area contributed by atoms with Gasteiger partial charge in [-0.15, -0.1) is 0 Å². The van der Waals surface area contributed by atoms with Gasteiger partial charge in [-0.05, 0) is 24.0 Å². The van der Waals surface area contributed by atoms with E-state index in [1.165, 1.54) is 11.1 Å². The third-order valence-corrected chi connectivity index (χ3v) is 4.26. The molecule has 0 radical (unpaired) electrons. The molecule has 2 N–H and O–H groups in total. The molecule has 0 saturated carbocycles. The van der Waals surface area contributed by atoms with Crippen LogP contribution in [0.1, 0.15) is 42.7 Å². The van der Waals surface area contributed by atoms with Crippen molar-refractivity contribution in [1.82, 2.24) is 15.1 Å². The maximum Gasteiger partial charge on any atom is 0.490 e. The molecule has 1 aromatic carbocycles. The molecule has 10 heteroatoms. The van der Waals surface area contributed by atoms with Crippen LogP contribution in [0.2, 0.25) is 0 Å². The molecule has 1 atom stereocenters. The molecule has 1 amide bonds. The SMILES string of the molecule is CCCC(=O)NCC1OCCc2cn(Cc3ccccc3)nc21.O=C(O)C(F)(F)F. The van der Waals surface area contributed by atoms with Gasteiger partial charge in [0.25, 0.3) is 0 Å². The molecule has 0 aliphatic carbocycles. The number of carbonyl (C=O) groups excluding carboxylic acids is 1. The van der Waals surface area contributed by atoms with Crippen LogP contribution in [0.5, 0.6) is 0 Å². The minimum Gasteiger partial charge on any atom is -0.475 e. The number of carbonyl (C=O) groups is 2. The van der Waals surface area contributed by atoms with E-state index >= 15 is 0 Å². The van der Waals surface area contributed by atoms with Crippen molar-refractivity contribution in [1.29, 1.82) is 0 Å². The fourth-order valence-corrected chi connectivity index (χ4v) is 2.86. The van der Waals surface area contributed by atoms with Crippen molar-refractivity contribution in [3.63, 3.8) is 0 Å². The Morgan fingerprint density at radius 2 is 1.97 bits per heavy atom. The summed E-state index contributed by atoms with van der Waals surface area (Å²) >= 11 is 0. The van der Waals surface area contributed by atoms with Gasteiger partial charge in [-0.1, -0.05) is 37.3 Å². The third kappa shape index (κ3) is 7.18. The summed E-state index contributed by atoms with van der Waals surface area (Å²) in [5.74, 6) is -2.68. The molecule has 30 heavy (non-hydrogen) atoms. The molecule has 0 spiro atoms. The molecule has 0 fully saturated rings. The average molecular weight is 427 g/mol. The Morgan fingerprint density at radius 1 is 1.30 bits per heavy atom. The molecule has 2 heterocycles. The number of rotatable bonds is 6. The maximum absolute atomic E-state index is 11.7. The molecule has 2 aromatic rings. The smallest absolute Gasteiger partial charge is 0.475 e. The number of amides is 1. The van der Waals surface area contributed by atoms with Crippen LogP contribution in [0.3, 0.4) is 0 Å². The van der Waals surface area contributed by atoms with Gasteiger partial charge in [0.05, 0.1) is 18.8 Å². The molecule has 1 aromatic heterocycles. The van der Waals surface area contributed by atoms with Crippen molar-refractivity contribution in [2.24, 2.45) is 0 Å². The number of carboxylic acid groups (broad SMARTS) is 1. The van der Waals surface area contributed by atoms with Crippen molar-refractivity contribution < 1.29 is 32.6 Å². The fourth-order valence-electron chi connectivity index (χ4n) is 2.86. The van der Waals surface area contributed by atoms with Gasteiger partial charge in [-0.3, -0.25) is 9.48 Å². The van der Waals surface area contributed by atoms with E-state index < -0.39 is 12.1 Å². The lowest BCUT2D eigenvalue weighted by Gasteiger charge is -2.22. The van der Waals surface area contributed by atoms with Gasteiger partial charge in [0.15, 0.2) is 0 Å². The number of hydrogen-bond acceptors (Lipinski definition) is 4. The van der Waals surface area contributed by atoms with Crippen molar-refractivity contribution in [3.8, 4) is 0 Å². The third-order valence-electron chi connectivity index (χ3n) is 4.26. The van der Waals surface area contributed by atoms with Crippen LogP contribution >= 0.6 is 0 Å². The summed E-state index contributed by atoms with van der Waals surface area (Å²) in [5, 5.41) is 14.8. The molecule has 1 unspecified atom stereocenters. The van der Waals surface area contributed by atoms with E-state index in [2.05, 4.69) is 23.6 Å². The van der Waals surface area contributed by atoms with Gasteiger partial charge in [0.1, 0.15) is 6.10 Å². The summed E-state index contributed by atoms with van der Waals surface area (Å²) in [7, 11) is 0. The zero-order chi connectivity index (χ0) is 22.1. The maximum atomic E-state index is 11.7. The summed E-state index contributed by atoms with van der Waals surface area (Å²) in [5.41, 5.74) is 3.41. The highest BCUT2D eigenvalue weighted by atomic mass is 19.4. The summed E-state index contributed by atoms with van der Waals surface area (Å²) in [6.45, 7) is 3.93. The first-order valence-electron chi connectivity index (χ1n) is 9.49. The van der Waals surface area contributed by atoms with Gasteiger partial charge in [-0.25, -0.2) is 4.79 Å². The van der Waals surface area contributed by atoms with E-state index in [0.717, 1.165) is 25.1 Å². The molecule has 1 aliphatic heterocycles. The zero-order valence-electron chi connectivity index (χ0n) is 16.5. The minimum atomic E-state index is -5.08. The van der Waals surface area contributed by atoms with Gasteiger partial charge in [0, 0.05) is 19.2 Å². The van der Waals surface area contributed by atoms with Crippen LogP contribution in [-0.4, -0.2) is 46.1 Å². The Labute approximate surface area is 171 Å². The number of nitrogens with one attached hydrogen (secondary N) is 1. The largest absolute Gasteiger partial charge is 0.490 e. The molecule has 164 valence electrons. The predicted octanol–water partition coefficient (Wildman–Crippen LogP) is 3.09. The first-order valence-corrected chi connectivity index (χ1v) is 9.49. The Kier molecular flexibility index (Phi) is 8.40. The van der Waals surface area contributed by atoms with E-state index in [9.17, 15) is 18.0 Å². The molecule has 7 nitrogen and oxygen atoms in total. The van der Waals surface area contributed by atoms with Crippen LogP contribution in [0.15, 0.2) is 36.5 Å². The zero-order valence-corrected chi connectivity index (χ0v) is 16.5. The molecular weight excluding hydrogens is 403 g/mol. The van der Waals surface area contributed by atoms with E-state index in [1.54, 1.807) is 0 Å². The Hall–Kier alpha value is -2.88. The van der Waals surface area contributed by atoms with Crippen LogP contribution < -0.4 is 5.32 Å². The van der Waals surface area contributed by atoms with Crippen LogP contribution in [0.25, 0.3) is 0 Å². The first-order chi connectivity index (χ1) is 14.2. The number of ether oxygens (including phenoxy) is 1. The lowest BCUT2D eigenvalue weighted by Crippen LogP contribution is -2.31. The van der Waals surface area contributed by atoms with E-state index in [0.29, 0.717) is 19.6 Å². The number of nitrogens with zero attached hydrogens (tertiary/aromatic N) is 2. The molecule has 0 saturated heterocycles. The topological polar surface area (TPSA) is 93.5 Å². The number of aliphatic carboxylic acids is 1. The quantitative estimate of drug-likeness (QED) is 0.739. The van der Waals surface area contributed by atoms with Crippen molar-refractivity contribution >= 4 is 11.9 Å². The summed E-state index contributed by atoms with van der Waals surface area (Å²) < 4.78 is 39.5. The van der Waals surface area contributed by atoms with E-state index in [-0.39, 0.29) is 12.0 Å². The number of fused-ring (bicyclic) bond motifs is 1. The van der Waals surface area contributed by atoms with Crippen LogP contribution in [0.4, 0.5) is 13.2 Å². The van der Waals surface area contributed by atoms with Gasteiger partial charge >= 0.3 is 12.1 Å². The molecule has 3 rings (SSSR count). The average Bonchev–Trinajstić information content (AvgIpc) is 3.10. The summed E-state index contributed by atoms with van der Waals surface area (Å²) in [6.07, 6.45) is -0.831. The molecular formula is C20H24F3N3O4. The lowest BCUT2D eigenvalue weighted by molar-refractivity contribution is -0.192. The van der Waals surface area contributed by atoms with Crippen molar-refractivity contribution in [2.75, 3.05) is 13.2 Å². The number of hydrogen-bond donors (Lipinski definition) is 2.